The molecule has 2 aromatic carbocycles. The third-order valence-corrected chi connectivity index (χ3v) is 5.80. The summed E-state index contributed by atoms with van der Waals surface area (Å²) in [5.41, 5.74) is 2.92. The SMILES string of the molecule is CCCCN1C(=O)CC(C(=O)Nc2cccc(C(C)C)c2)C1c1ccc(OC)cc1. The topological polar surface area (TPSA) is 58.6 Å². The molecule has 0 bridgehead atoms. The van der Waals surface area contributed by atoms with Crippen LogP contribution < -0.4 is 10.1 Å². The van der Waals surface area contributed by atoms with Crippen molar-refractivity contribution in [2.24, 2.45) is 5.92 Å². The minimum atomic E-state index is -0.426. The minimum Gasteiger partial charge on any atom is -0.497 e. The van der Waals surface area contributed by atoms with E-state index in [9.17, 15) is 9.59 Å². The highest BCUT2D eigenvalue weighted by Gasteiger charge is 2.44. The van der Waals surface area contributed by atoms with Crippen LogP contribution in [0.25, 0.3) is 0 Å². The van der Waals surface area contributed by atoms with Gasteiger partial charge in [-0.15, -0.1) is 0 Å². The van der Waals surface area contributed by atoms with Gasteiger partial charge in [0.25, 0.3) is 0 Å². The standard InChI is InChI=1S/C25H32N2O3/c1-5-6-14-27-23(28)16-22(24(27)18-10-12-21(30-4)13-11-18)25(29)26-20-9-7-8-19(15-20)17(2)3/h7-13,15,17,22,24H,5-6,14,16H2,1-4H3,(H,26,29). The monoisotopic (exact) mass is 408 g/mol. The molecule has 1 fully saturated rings. The van der Waals surface area contributed by atoms with E-state index in [1.807, 2.05) is 47.4 Å². The first kappa shape index (κ1) is 21.9. The number of rotatable bonds is 8. The van der Waals surface area contributed by atoms with E-state index < -0.39 is 5.92 Å². The van der Waals surface area contributed by atoms with Gasteiger partial charge in [-0.05, 0) is 47.7 Å². The molecule has 0 radical (unpaired) electrons. The Balaban J connectivity index is 1.87. The second-order valence-electron chi connectivity index (χ2n) is 8.24. The predicted octanol–water partition coefficient (Wildman–Crippen LogP) is 5.15. The Morgan fingerprint density at radius 1 is 1.20 bits per heavy atom. The largest absolute Gasteiger partial charge is 0.497 e. The Bertz CT molecular complexity index is 876. The lowest BCUT2D eigenvalue weighted by Crippen LogP contribution is -2.33. The van der Waals surface area contributed by atoms with Crippen LogP contribution in [-0.2, 0) is 9.59 Å². The molecule has 1 heterocycles. The maximum atomic E-state index is 13.3. The predicted molar refractivity (Wildman–Crippen MR) is 120 cm³/mol. The number of unbranched alkanes of at least 4 members (excludes halogenated alkanes) is 1. The summed E-state index contributed by atoms with van der Waals surface area (Å²) in [6, 6.07) is 15.4. The molecule has 3 rings (SSSR count). The fourth-order valence-corrected chi connectivity index (χ4v) is 4.04. The van der Waals surface area contributed by atoms with E-state index in [1.54, 1.807) is 7.11 Å². The summed E-state index contributed by atoms with van der Waals surface area (Å²) in [7, 11) is 1.63. The van der Waals surface area contributed by atoms with Crippen LogP contribution in [0.5, 0.6) is 5.75 Å². The van der Waals surface area contributed by atoms with Gasteiger partial charge >= 0.3 is 0 Å². The highest BCUT2D eigenvalue weighted by atomic mass is 16.5. The molecule has 1 aliphatic rings. The Morgan fingerprint density at radius 2 is 1.93 bits per heavy atom. The molecule has 2 atom stereocenters. The van der Waals surface area contributed by atoms with E-state index >= 15 is 0 Å². The number of nitrogens with one attached hydrogen (secondary N) is 1. The number of hydrogen-bond acceptors (Lipinski definition) is 3. The van der Waals surface area contributed by atoms with Crippen LogP contribution in [0.1, 0.15) is 63.1 Å². The van der Waals surface area contributed by atoms with E-state index in [-0.39, 0.29) is 24.3 Å². The Labute approximate surface area is 179 Å². The van der Waals surface area contributed by atoms with Crippen molar-refractivity contribution in [1.29, 1.82) is 0 Å². The van der Waals surface area contributed by atoms with Gasteiger partial charge in [-0.2, -0.15) is 0 Å². The number of anilines is 1. The van der Waals surface area contributed by atoms with Crippen molar-refractivity contribution in [3.05, 3.63) is 59.7 Å². The number of hydrogen-bond donors (Lipinski definition) is 1. The normalized spacial score (nSPS) is 18.7. The van der Waals surface area contributed by atoms with E-state index in [0.29, 0.717) is 12.5 Å². The lowest BCUT2D eigenvalue weighted by molar-refractivity contribution is -0.129. The molecule has 5 heteroatoms. The molecule has 1 N–H and O–H groups in total. The first-order chi connectivity index (χ1) is 14.4. The number of ether oxygens (including phenoxy) is 1. The van der Waals surface area contributed by atoms with Gasteiger partial charge in [0.05, 0.1) is 19.1 Å². The lowest BCUT2D eigenvalue weighted by Gasteiger charge is -2.28. The van der Waals surface area contributed by atoms with Gasteiger partial charge in [-0.25, -0.2) is 0 Å². The van der Waals surface area contributed by atoms with E-state index in [1.165, 1.54) is 5.56 Å². The second kappa shape index (κ2) is 9.79. The van der Waals surface area contributed by atoms with Gasteiger partial charge < -0.3 is 15.0 Å². The lowest BCUT2D eigenvalue weighted by atomic mass is 9.92. The number of carbonyl (C=O) groups excluding carboxylic acids is 2. The molecule has 0 spiro atoms. The van der Waals surface area contributed by atoms with Crippen molar-refractivity contribution in [1.82, 2.24) is 4.90 Å². The zero-order chi connectivity index (χ0) is 21.7. The van der Waals surface area contributed by atoms with Crippen LogP contribution in [0.3, 0.4) is 0 Å². The third kappa shape index (κ3) is 4.84. The fourth-order valence-electron chi connectivity index (χ4n) is 4.04. The summed E-state index contributed by atoms with van der Waals surface area (Å²) in [5, 5.41) is 3.06. The molecular weight excluding hydrogens is 376 g/mol. The number of methoxy groups -OCH3 is 1. The maximum Gasteiger partial charge on any atom is 0.230 e. The van der Waals surface area contributed by atoms with Crippen molar-refractivity contribution in [2.75, 3.05) is 19.0 Å². The van der Waals surface area contributed by atoms with Crippen molar-refractivity contribution in [3.8, 4) is 5.75 Å². The Hall–Kier alpha value is -2.82. The second-order valence-corrected chi connectivity index (χ2v) is 8.24. The molecule has 1 aliphatic heterocycles. The third-order valence-electron chi connectivity index (χ3n) is 5.80. The summed E-state index contributed by atoms with van der Waals surface area (Å²) in [6.45, 7) is 7.03. The van der Waals surface area contributed by atoms with Gasteiger partial charge in [-0.3, -0.25) is 9.59 Å². The highest BCUT2D eigenvalue weighted by molar-refractivity contribution is 5.98. The fraction of sp³-hybridized carbons (Fsp3) is 0.440. The van der Waals surface area contributed by atoms with Gasteiger partial charge in [-0.1, -0.05) is 51.5 Å². The van der Waals surface area contributed by atoms with Crippen LogP contribution in [0.15, 0.2) is 48.5 Å². The smallest absolute Gasteiger partial charge is 0.230 e. The summed E-state index contributed by atoms with van der Waals surface area (Å²) >= 11 is 0. The zero-order valence-corrected chi connectivity index (χ0v) is 18.4. The Morgan fingerprint density at radius 3 is 2.57 bits per heavy atom. The molecule has 2 amide bonds. The van der Waals surface area contributed by atoms with Crippen LogP contribution in [0, 0.1) is 5.92 Å². The quantitative estimate of drug-likeness (QED) is 0.657. The zero-order valence-electron chi connectivity index (χ0n) is 18.4. The maximum absolute atomic E-state index is 13.3. The van der Waals surface area contributed by atoms with E-state index in [0.717, 1.165) is 29.8 Å². The molecule has 0 aromatic heterocycles. The molecule has 0 aliphatic carbocycles. The van der Waals surface area contributed by atoms with Crippen molar-refractivity contribution < 1.29 is 14.3 Å². The van der Waals surface area contributed by atoms with Gasteiger partial charge in [0.2, 0.25) is 11.8 Å². The van der Waals surface area contributed by atoms with Gasteiger partial charge in [0.15, 0.2) is 0 Å². The number of likely N-dealkylation sites (tertiary alicyclic amines) is 1. The average molecular weight is 409 g/mol. The first-order valence-corrected chi connectivity index (χ1v) is 10.8. The van der Waals surface area contributed by atoms with Crippen LogP contribution in [-0.4, -0.2) is 30.4 Å². The van der Waals surface area contributed by atoms with Crippen molar-refractivity contribution in [3.63, 3.8) is 0 Å². The Kier molecular flexibility index (Phi) is 7.14. The minimum absolute atomic E-state index is 0.0420. The highest BCUT2D eigenvalue weighted by Crippen LogP contribution is 2.39. The molecule has 30 heavy (non-hydrogen) atoms. The average Bonchev–Trinajstić information content (AvgIpc) is 3.08. The van der Waals surface area contributed by atoms with Crippen LogP contribution in [0.4, 0.5) is 5.69 Å². The molecule has 0 saturated carbocycles. The molecule has 1 saturated heterocycles. The summed E-state index contributed by atoms with van der Waals surface area (Å²) < 4.78 is 5.27. The van der Waals surface area contributed by atoms with Crippen molar-refractivity contribution >= 4 is 17.5 Å². The molecule has 160 valence electrons. The van der Waals surface area contributed by atoms with E-state index in [4.69, 9.17) is 4.74 Å². The first-order valence-electron chi connectivity index (χ1n) is 10.8. The number of nitrogens with zero attached hydrogens (tertiary/aromatic N) is 1. The van der Waals surface area contributed by atoms with Gasteiger partial charge in [0, 0.05) is 18.7 Å². The molecule has 5 nitrogen and oxygen atoms in total. The molecule has 2 unspecified atom stereocenters. The van der Waals surface area contributed by atoms with Crippen molar-refractivity contribution in [2.45, 2.75) is 52.0 Å². The van der Waals surface area contributed by atoms with Crippen LogP contribution in [0.2, 0.25) is 0 Å². The number of carbonyl (C=O) groups is 2. The molecular formula is C25H32N2O3. The summed E-state index contributed by atoms with van der Waals surface area (Å²) in [5.74, 6) is 0.649. The number of amides is 2. The number of benzene rings is 2. The summed E-state index contributed by atoms with van der Waals surface area (Å²) in [6.07, 6.45) is 2.15. The van der Waals surface area contributed by atoms with Crippen LogP contribution >= 0.6 is 0 Å². The van der Waals surface area contributed by atoms with E-state index in [2.05, 4.69) is 32.2 Å². The van der Waals surface area contributed by atoms with Gasteiger partial charge in [0.1, 0.15) is 5.75 Å². The molecule has 2 aromatic rings. The summed E-state index contributed by atoms with van der Waals surface area (Å²) in [4.78, 5) is 27.9.